The van der Waals surface area contributed by atoms with Gasteiger partial charge in [0.05, 0.1) is 23.5 Å². The number of rotatable bonds is 8. The van der Waals surface area contributed by atoms with Gasteiger partial charge < -0.3 is 15.8 Å². The molecule has 0 aliphatic heterocycles. The highest BCUT2D eigenvalue weighted by Crippen LogP contribution is 2.38. The SMILES string of the molecule is C[C@@H](Cc1nc(NC2CCC(OC3CC3)CC2)ncc1C(N)=O)C1CC1. The summed E-state index contributed by atoms with van der Waals surface area (Å²) in [5.74, 6) is 1.49. The number of aromatic nitrogens is 2. The van der Waals surface area contributed by atoms with Crippen LogP contribution in [0.1, 0.15) is 74.3 Å². The van der Waals surface area contributed by atoms with Crippen molar-refractivity contribution < 1.29 is 9.53 Å². The molecule has 142 valence electrons. The van der Waals surface area contributed by atoms with E-state index in [0.29, 0.717) is 35.7 Å². The molecule has 1 aromatic rings. The van der Waals surface area contributed by atoms with E-state index in [2.05, 4.69) is 22.2 Å². The molecule has 0 radical (unpaired) electrons. The molecule has 4 rings (SSSR count). The molecule has 3 fully saturated rings. The molecule has 26 heavy (non-hydrogen) atoms. The molecule has 1 atom stereocenters. The van der Waals surface area contributed by atoms with E-state index in [-0.39, 0.29) is 0 Å². The Morgan fingerprint density at radius 3 is 2.42 bits per heavy atom. The highest BCUT2D eigenvalue weighted by atomic mass is 16.5. The summed E-state index contributed by atoms with van der Waals surface area (Å²) in [6, 6.07) is 0.377. The van der Waals surface area contributed by atoms with Crippen molar-refractivity contribution >= 4 is 11.9 Å². The lowest BCUT2D eigenvalue weighted by Crippen LogP contribution is -2.31. The van der Waals surface area contributed by atoms with Crippen LogP contribution in [-0.2, 0) is 11.2 Å². The quantitative estimate of drug-likeness (QED) is 0.745. The van der Waals surface area contributed by atoms with Crippen LogP contribution in [0.15, 0.2) is 6.20 Å². The Morgan fingerprint density at radius 1 is 1.19 bits per heavy atom. The van der Waals surface area contributed by atoms with Crippen molar-refractivity contribution in [1.29, 1.82) is 0 Å². The summed E-state index contributed by atoms with van der Waals surface area (Å²) in [5.41, 5.74) is 6.78. The molecule has 0 bridgehead atoms. The molecule has 0 saturated heterocycles. The Hall–Kier alpha value is -1.69. The molecule has 3 N–H and O–H groups in total. The number of hydrogen-bond donors (Lipinski definition) is 2. The van der Waals surface area contributed by atoms with Crippen LogP contribution in [-0.4, -0.2) is 34.1 Å². The zero-order chi connectivity index (χ0) is 18.1. The third kappa shape index (κ3) is 4.53. The van der Waals surface area contributed by atoms with Crippen molar-refractivity contribution in [3.8, 4) is 0 Å². The smallest absolute Gasteiger partial charge is 0.252 e. The Bertz CT molecular complexity index is 649. The van der Waals surface area contributed by atoms with Crippen molar-refractivity contribution in [2.75, 3.05) is 5.32 Å². The Morgan fingerprint density at radius 2 is 1.85 bits per heavy atom. The maximum atomic E-state index is 11.7. The van der Waals surface area contributed by atoms with Gasteiger partial charge in [0.25, 0.3) is 5.91 Å². The lowest BCUT2D eigenvalue weighted by molar-refractivity contribution is 0.0146. The predicted octanol–water partition coefficient (Wildman–Crippen LogP) is 3.07. The first-order valence-corrected chi connectivity index (χ1v) is 10.2. The van der Waals surface area contributed by atoms with Crippen molar-refractivity contribution in [3.63, 3.8) is 0 Å². The van der Waals surface area contributed by atoms with Crippen LogP contribution in [0, 0.1) is 11.8 Å². The van der Waals surface area contributed by atoms with E-state index >= 15 is 0 Å². The zero-order valence-electron chi connectivity index (χ0n) is 15.6. The third-order valence-corrected chi connectivity index (χ3v) is 5.99. The summed E-state index contributed by atoms with van der Waals surface area (Å²) in [6.45, 7) is 2.23. The summed E-state index contributed by atoms with van der Waals surface area (Å²) >= 11 is 0. The average Bonchev–Trinajstić information content (AvgIpc) is 3.51. The largest absolute Gasteiger partial charge is 0.375 e. The van der Waals surface area contributed by atoms with Gasteiger partial charge in [-0.15, -0.1) is 0 Å². The lowest BCUT2D eigenvalue weighted by atomic mass is 9.93. The van der Waals surface area contributed by atoms with Gasteiger partial charge in [-0.05, 0) is 69.6 Å². The standard InChI is InChI=1S/C20H30N4O2/c1-12(13-2-3-13)10-18-17(19(21)25)11-22-20(24-18)23-14-4-6-15(7-5-14)26-16-8-9-16/h11-16H,2-10H2,1H3,(H2,21,25)(H,22,23,24)/t12-,14?,15?/m0/s1. The first-order chi connectivity index (χ1) is 12.6. The van der Waals surface area contributed by atoms with Crippen LogP contribution >= 0.6 is 0 Å². The summed E-state index contributed by atoms with van der Waals surface area (Å²) < 4.78 is 6.02. The highest BCUT2D eigenvalue weighted by Gasteiger charge is 2.31. The second kappa shape index (κ2) is 7.51. The molecular formula is C20H30N4O2. The molecule has 1 amide bonds. The number of nitrogens with zero attached hydrogens (tertiary/aromatic N) is 2. The Kier molecular flexibility index (Phi) is 5.11. The van der Waals surface area contributed by atoms with E-state index in [0.717, 1.165) is 43.7 Å². The predicted molar refractivity (Wildman–Crippen MR) is 99.9 cm³/mol. The van der Waals surface area contributed by atoms with Gasteiger partial charge in [0.15, 0.2) is 0 Å². The average molecular weight is 358 g/mol. The minimum Gasteiger partial charge on any atom is -0.375 e. The molecule has 6 heteroatoms. The summed E-state index contributed by atoms with van der Waals surface area (Å²) in [4.78, 5) is 20.7. The van der Waals surface area contributed by atoms with E-state index < -0.39 is 5.91 Å². The number of carbonyl (C=O) groups is 1. The van der Waals surface area contributed by atoms with Crippen LogP contribution in [0.25, 0.3) is 0 Å². The summed E-state index contributed by atoms with van der Waals surface area (Å²) in [6.07, 6.45) is 12.7. The molecular weight excluding hydrogens is 328 g/mol. The molecule has 1 heterocycles. The molecule has 3 saturated carbocycles. The fourth-order valence-electron chi connectivity index (χ4n) is 3.99. The minimum atomic E-state index is -0.438. The molecule has 0 aromatic carbocycles. The highest BCUT2D eigenvalue weighted by molar-refractivity contribution is 5.93. The maximum Gasteiger partial charge on any atom is 0.252 e. The van der Waals surface area contributed by atoms with E-state index in [1.165, 1.54) is 25.7 Å². The molecule has 3 aliphatic rings. The molecule has 0 unspecified atom stereocenters. The fourth-order valence-corrected chi connectivity index (χ4v) is 3.99. The maximum absolute atomic E-state index is 11.7. The fraction of sp³-hybridized carbons (Fsp3) is 0.750. The van der Waals surface area contributed by atoms with Crippen LogP contribution in [0.5, 0.6) is 0 Å². The minimum absolute atomic E-state index is 0.377. The van der Waals surface area contributed by atoms with Gasteiger partial charge in [0.1, 0.15) is 0 Å². The normalized spacial score (nSPS) is 27.1. The zero-order valence-corrected chi connectivity index (χ0v) is 15.6. The first-order valence-electron chi connectivity index (χ1n) is 10.2. The van der Waals surface area contributed by atoms with Gasteiger partial charge in [-0.25, -0.2) is 9.97 Å². The summed E-state index contributed by atoms with van der Waals surface area (Å²) in [7, 11) is 0. The van der Waals surface area contributed by atoms with Gasteiger partial charge in [-0.1, -0.05) is 6.92 Å². The lowest BCUT2D eigenvalue weighted by Gasteiger charge is -2.29. The molecule has 6 nitrogen and oxygen atoms in total. The number of ether oxygens (including phenoxy) is 1. The number of nitrogens with one attached hydrogen (secondary N) is 1. The van der Waals surface area contributed by atoms with Crippen molar-refractivity contribution in [2.24, 2.45) is 17.6 Å². The van der Waals surface area contributed by atoms with E-state index in [9.17, 15) is 4.79 Å². The van der Waals surface area contributed by atoms with E-state index in [4.69, 9.17) is 10.5 Å². The third-order valence-electron chi connectivity index (χ3n) is 5.99. The van der Waals surface area contributed by atoms with Crippen molar-refractivity contribution in [1.82, 2.24) is 9.97 Å². The van der Waals surface area contributed by atoms with Crippen LogP contribution < -0.4 is 11.1 Å². The number of primary amides is 1. The van der Waals surface area contributed by atoms with Gasteiger partial charge in [-0.2, -0.15) is 0 Å². The van der Waals surface area contributed by atoms with Crippen molar-refractivity contribution in [2.45, 2.75) is 83.0 Å². The second-order valence-electron chi connectivity index (χ2n) is 8.39. The summed E-state index contributed by atoms with van der Waals surface area (Å²) in [5, 5.41) is 3.47. The number of anilines is 1. The van der Waals surface area contributed by atoms with Crippen LogP contribution in [0.3, 0.4) is 0 Å². The van der Waals surface area contributed by atoms with Crippen molar-refractivity contribution in [3.05, 3.63) is 17.5 Å². The number of nitrogens with two attached hydrogens (primary N) is 1. The number of carbonyl (C=O) groups excluding carboxylic acids is 1. The second-order valence-corrected chi connectivity index (χ2v) is 8.39. The molecule has 1 aromatic heterocycles. The number of amides is 1. The van der Waals surface area contributed by atoms with Gasteiger partial charge in [-0.3, -0.25) is 4.79 Å². The Labute approximate surface area is 155 Å². The van der Waals surface area contributed by atoms with E-state index in [1.807, 2.05) is 0 Å². The van der Waals surface area contributed by atoms with Gasteiger partial charge in [0, 0.05) is 12.2 Å². The number of hydrogen-bond acceptors (Lipinski definition) is 5. The van der Waals surface area contributed by atoms with E-state index in [1.54, 1.807) is 6.20 Å². The first kappa shape index (κ1) is 17.7. The Balaban J connectivity index is 1.37. The molecule has 3 aliphatic carbocycles. The molecule has 0 spiro atoms. The van der Waals surface area contributed by atoms with Crippen LogP contribution in [0.2, 0.25) is 0 Å². The topological polar surface area (TPSA) is 90.1 Å². The van der Waals surface area contributed by atoms with Gasteiger partial charge in [0.2, 0.25) is 5.95 Å². The van der Waals surface area contributed by atoms with Crippen LogP contribution in [0.4, 0.5) is 5.95 Å². The monoisotopic (exact) mass is 358 g/mol. The van der Waals surface area contributed by atoms with Gasteiger partial charge >= 0.3 is 0 Å².